The highest BCUT2D eigenvalue weighted by atomic mass is 16.1. The highest BCUT2D eigenvalue weighted by molar-refractivity contribution is 5.81. The monoisotopic (exact) mass is 339 g/mol. The number of nitrogens with one attached hydrogen (secondary N) is 3. The molecule has 140 valence electrons. The van der Waals surface area contributed by atoms with Crippen LogP contribution in [0.4, 0.5) is 0 Å². The number of carbonyl (C=O) groups is 1. The highest BCUT2D eigenvalue weighted by Crippen LogP contribution is 2.18. The Labute approximate surface area is 147 Å². The average molecular weight is 340 g/mol. The Bertz CT molecular complexity index is 410. The number of guanidine groups is 1. The molecule has 0 aliphatic carbocycles. The lowest BCUT2D eigenvalue weighted by Crippen LogP contribution is -2.47. The molecule has 0 spiro atoms. The van der Waals surface area contributed by atoms with Crippen molar-refractivity contribution in [3.63, 3.8) is 0 Å². The zero-order valence-electron chi connectivity index (χ0n) is 16.4. The molecule has 1 rings (SSSR count). The van der Waals surface area contributed by atoms with Crippen molar-refractivity contribution in [1.29, 1.82) is 0 Å². The van der Waals surface area contributed by atoms with Crippen LogP contribution in [-0.2, 0) is 4.79 Å². The number of hydrogen-bond acceptors (Lipinski definition) is 3. The predicted molar refractivity (Wildman–Crippen MR) is 101 cm³/mol. The van der Waals surface area contributed by atoms with Crippen LogP contribution in [0.2, 0.25) is 0 Å². The Morgan fingerprint density at radius 1 is 1.25 bits per heavy atom. The van der Waals surface area contributed by atoms with Crippen LogP contribution in [0.15, 0.2) is 4.99 Å². The first-order chi connectivity index (χ1) is 11.4. The van der Waals surface area contributed by atoms with E-state index in [0.29, 0.717) is 31.0 Å². The minimum absolute atomic E-state index is 0.0733. The summed E-state index contributed by atoms with van der Waals surface area (Å²) in [6.45, 7) is 16.4. The molecule has 3 unspecified atom stereocenters. The molecule has 1 fully saturated rings. The van der Waals surface area contributed by atoms with E-state index < -0.39 is 0 Å². The topological polar surface area (TPSA) is 68.8 Å². The molecule has 0 radical (unpaired) electrons. The third-order valence-corrected chi connectivity index (χ3v) is 4.67. The van der Waals surface area contributed by atoms with E-state index in [1.165, 1.54) is 0 Å². The predicted octanol–water partition coefficient (Wildman–Crippen LogP) is 1.58. The maximum Gasteiger partial charge on any atom is 0.222 e. The van der Waals surface area contributed by atoms with E-state index in [-0.39, 0.29) is 11.9 Å². The van der Waals surface area contributed by atoms with Crippen molar-refractivity contribution in [3.8, 4) is 0 Å². The van der Waals surface area contributed by atoms with Crippen LogP contribution in [0.5, 0.6) is 0 Å². The van der Waals surface area contributed by atoms with Gasteiger partial charge in [-0.05, 0) is 40.0 Å². The largest absolute Gasteiger partial charge is 0.357 e. The molecule has 1 heterocycles. The smallest absolute Gasteiger partial charge is 0.222 e. The molecule has 0 saturated carbocycles. The second-order valence-corrected chi connectivity index (χ2v) is 7.16. The molecule has 1 amide bonds. The summed E-state index contributed by atoms with van der Waals surface area (Å²) >= 11 is 0. The third-order valence-electron chi connectivity index (χ3n) is 4.67. The fourth-order valence-corrected chi connectivity index (χ4v) is 2.83. The van der Waals surface area contributed by atoms with Crippen molar-refractivity contribution < 1.29 is 4.79 Å². The summed E-state index contributed by atoms with van der Waals surface area (Å²) in [4.78, 5) is 18.9. The Morgan fingerprint density at radius 3 is 2.50 bits per heavy atom. The van der Waals surface area contributed by atoms with Crippen LogP contribution < -0.4 is 16.0 Å². The third kappa shape index (κ3) is 7.07. The molecule has 0 bridgehead atoms. The van der Waals surface area contributed by atoms with Gasteiger partial charge in [0.1, 0.15) is 0 Å². The Balaban J connectivity index is 2.49. The van der Waals surface area contributed by atoms with Gasteiger partial charge in [-0.1, -0.05) is 13.8 Å². The molecule has 3 atom stereocenters. The first kappa shape index (κ1) is 20.7. The Morgan fingerprint density at radius 2 is 1.96 bits per heavy atom. The summed E-state index contributed by atoms with van der Waals surface area (Å²) in [7, 11) is 0. The van der Waals surface area contributed by atoms with Gasteiger partial charge in [-0.3, -0.25) is 14.7 Å². The fourth-order valence-electron chi connectivity index (χ4n) is 2.83. The van der Waals surface area contributed by atoms with Gasteiger partial charge in [0.2, 0.25) is 5.91 Å². The van der Waals surface area contributed by atoms with Crippen molar-refractivity contribution in [2.45, 2.75) is 72.5 Å². The van der Waals surface area contributed by atoms with Gasteiger partial charge in [0.25, 0.3) is 0 Å². The number of aliphatic imine (C=N–C) groups is 1. The number of amides is 1. The minimum Gasteiger partial charge on any atom is -0.357 e. The highest BCUT2D eigenvalue weighted by Gasteiger charge is 2.31. The molecule has 1 aliphatic rings. The van der Waals surface area contributed by atoms with Crippen molar-refractivity contribution >= 4 is 11.9 Å². The molecule has 0 aromatic carbocycles. The lowest BCUT2D eigenvalue weighted by Gasteiger charge is -2.22. The number of nitrogens with zero attached hydrogens (tertiary/aromatic N) is 2. The van der Waals surface area contributed by atoms with E-state index in [1.54, 1.807) is 0 Å². The van der Waals surface area contributed by atoms with Crippen molar-refractivity contribution in [2.75, 3.05) is 26.2 Å². The summed E-state index contributed by atoms with van der Waals surface area (Å²) in [5, 5.41) is 9.81. The van der Waals surface area contributed by atoms with Gasteiger partial charge in [-0.2, -0.15) is 0 Å². The molecular formula is C18H37N5O. The maximum absolute atomic E-state index is 11.8. The molecule has 3 N–H and O–H groups in total. The zero-order valence-corrected chi connectivity index (χ0v) is 16.4. The summed E-state index contributed by atoms with van der Waals surface area (Å²) in [6.07, 6.45) is 1.38. The summed E-state index contributed by atoms with van der Waals surface area (Å²) < 4.78 is 0. The van der Waals surface area contributed by atoms with Gasteiger partial charge >= 0.3 is 0 Å². The molecule has 24 heavy (non-hydrogen) atoms. The lowest BCUT2D eigenvalue weighted by atomic mass is 10.1. The van der Waals surface area contributed by atoms with Gasteiger partial charge in [0.15, 0.2) is 5.96 Å². The molecular weight excluding hydrogens is 302 g/mol. The van der Waals surface area contributed by atoms with Crippen LogP contribution in [-0.4, -0.2) is 61.1 Å². The van der Waals surface area contributed by atoms with Crippen molar-refractivity contribution in [2.24, 2.45) is 10.9 Å². The van der Waals surface area contributed by atoms with Gasteiger partial charge in [0, 0.05) is 44.2 Å². The quantitative estimate of drug-likeness (QED) is 0.464. The maximum atomic E-state index is 11.8. The molecule has 6 heteroatoms. The van der Waals surface area contributed by atoms with Gasteiger partial charge in [0.05, 0.1) is 6.54 Å². The number of rotatable bonds is 8. The van der Waals surface area contributed by atoms with Crippen LogP contribution in [0.1, 0.15) is 54.4 Å². The van der Waals surface area contributed by atoms with Crippen LogP contribution in [0.25, 0.3) is 0 Å². The molecule has 6 nitrogen and oxygen atoms in total. The average Bonchev–Trinajstić information content (AvgIpc) is 2.88. The van der Waals surface area contributed by atoms with E-state index in [9.17, 15) is 4.79 Å². The normalized spacial score (nSPS) is 23.4. The minimum atomic E-state index is 0.0733. The summed E-state index contributed by atoms with van der Waals surface area (Å²) in [6, 6.07) is 1.20. The lowest BCUT2D eigenvalue weighted by molar-refractivity contribution is -0.121. The standard InChI is InChI=1S/C18H37N5O/c1-7-15(6)21-17(24)9-10-20-18(19-8-2)22-16-12-23(13(3)4)11-14(16)5/h13-16H,7-12H2,1-6H3,(H,21,24)(H2,19,20,22). The Kier molecular flexibility index (Phi) is 9.11. The van der Waals surface area contributed by atoms with Gasteiger partial charge in [-0.25, -0.2) is 0 Å². The molecule has 1 aliphatic heterocycles. The first-order valence-electron chi connectivity index (χ1n) is 9.45. The van der Waals surface area contributed by atoms with Crippen LogP contribution in [0, 0.1) is 5.92 Å². The van der Waals surface area contributed by atoms with Crippen molar-refractivity contribution in [3.05, 3.63) is 0 Å². The van der Waals surface area contributed by atoms with Gasteiger partial charge < -0.3 is 16.0 Å². The summed E-state index contributed by atoms with van der Waals surface area (Å²) in [5.74, 6) is 1.48. The number of likely N-dealkylation sites (tertiary alicyclic amines) is 1. The van der Waals surface area contributed by atoms with E-state index in [0.717, 1.165) is 32.0 Å². The second-order valence-electron chi connectivity index (χ2n) is 7.16. The van der Waals surface area contributed by atoms with Gasteiger partial charge in [-0.15, -0.1) is 0 Å². The molecule has 1 saturated heterocycles. The SMILES string of the molecule is CCNC(=NCCC(=O)NC(C)CC)NC1CN(C(C)C)CC1C. The molecule has 0 aromatic rings. The van der Waals surface area contributed by atoms with Crippen LogP contribution in [0.3, 0.4) is 0 Å². The summed E-state index contributed by atoms with van der Waals surface area (Å²) in [5.41, 5.74) is 0. The first-order valence-corrected chi connectivity index (χ1v) is 9.45. The Hall–Kier alpha value is -1.30. The molecule has 0 aromatic heterocycles. The van der Waals surface area contributed by atoms with Crippen molar-refractivity contribution in [1.82, 2.24) is 20.9 Å². The van der Waals surface area contributed by atoms with E-state index in [1.807, 2.05) is 6.92 Å². The van der Waals surface area contributed by atoms with E-state index in [2.05, 4.69) is 60.5 Å². The fraction of sp³-hybridized carbons (Fsp3) is 0.889. The van der Waals surface area contributed by atoms with Crippen LogP contribution >= 0.6 is 0 Å². The van der Waals surface area contributed by atoms with E-state index >= 15 is 0 Å². The number of hydrogen-bond donors (Lipinski definition) is 3. The number of carbonyl (C=O) groups excluding carboxylic acids is 1. The van der Waals surface area contributed by atoms with E-state index in [4.69, 9.17) is 0 Å². The zero-order chi connectivity index (χ0) is 18.1. The second kappa shape index (κ2) is 10.5.